The Kier molecular flexibility index (Phi) is 8.47. The lowest BCUT2D eigenvalue weighted by atomic mass is 10.2. The molecule has 0 aliphatic carbocycles. The zero-order chi connectivity index (χ0) is 28.0. The number of aryl methyl sites for hydroxylation is 2. The van der Waals surface area contributed by atoms with E-state index in [0.29, 0.717) is 17.2 Å². The van der Waals surface area contributed by atoms with E-state index in [2.05, 4.69) is 9.44 Å². The summed E-state index contributed by atoms with van der Waals surface area (Å²) in [7, 11) is -6.50. The van der Waals surface area contributed by atoms with E-state index in [1.807, 2.05) is 13.8 Å². The first-order valence-corrected chi connectivity index (χ1v) is 15.3. The summed E-state index contributed by atoms with van der Waals surface area (Å²) in [5.41, 5.74) is 2.04. The number of methoxy groups -OCH3 is 1. The molecule has 0 spiro atoms. The molecule has 8 nitrogen and oxygen atoms in total. The normalized spacial score (nSPS) is 11.6. The Morgan fingerprint density at radius 3 is 1.46 bits per heavy atom. The largest absolute Gasteiger partial charge is 0.497 e. The van der Waals surface area contributed by atoms with Crippen LogP contribution in [-0.4, -0.2) is 23.9 Å². The number of hydrogen-bond donors (Lipinski definition) is 2. The molecule has 0 amide bonds. The lowest BCUT2D eigenvalue weighted by Gasteiger charge is -2.17. The minimum absolute atomic E-state index is 0.00864. The number of benzene rings is 4. The third kappa shape index (κ3) is 6.90. The van der Waals surface area contributed by atoms with E-state index in [4.69, 9.17) is 9.47 Å². The Bertz CT molecular complexity index is 1630. The molecular formula is C29H30N2O6S2. The fourth-order valence-electron chi connectivity index (χ4n) is 3.76. The van der Waals surface area contributed by atoms with Gasteiger partial charge in [-0.15, -0.1) is 0 Å². The number of sulfonamides is 2. The van der Waals surface area contributed by atoms with E-state index in [1.165, 1.54) is 36.4 Å². The van der Waals surface area contributed by atoms with Gasteiger partial charge in [0.1, 0.15) is 17.2 Å². The topological polar surface area (TPSA) is 111 Å². The van der Waals surface area contributed by atoms with Crippen molar-refractivity contribution in [2.75, 3.05) is 16.6 Å². The first-order valence-electron chi connectivity index (χ1n) is 12.3. The molecule has 0 aliphatic rings. The van der Waals surface area contributed by atoms with Crippen LogP contribution < -0.4 is 18.9 Å². The van der Waals surface area contributed by atoms with Gasteiger partial charge >= 0.3 is 0 Å². The summed E-state index contributed by atoms with van der Waals surface area (Å²) in [5, 5.41) is 0. The Balaban J connectivity index is 1.69. The first kappa shape index (κ1) is 28.0. The number of hydrogen-bond acceptors (Lipinski definition) is 6. The fourth-order valence-corrected chi connectivity index (χ4v) is 5.91. The molecule has 204 valence electrons. The summed E-state index contributed by atoms with van der Waals surface area (Å²) in [6, 6.07) is 24.3. The highest BCUT2D eigenvalue weighted by Gasteiger charge is 2.21. The second-order valence-corrected chi connectivity index (χ2v) is 12.1. The van der Waals surface area contributed by atoms with E-state index in [-0.39, 0.29) is 21.2 Å². The molecule has 0 saturated heterocycles. The molecule has 0 radical (unpaired) electrons. The Morgan fingerprint density at radius 1 is 0.564 bits per heavy atom. The van der Waals surface area contributed by atoms with Crippen molar-refractivity contribution in [2.24, 2.45) is 0 Å². The Labute approximate surface area is 229 Å². The standard InChI is InChI=1S/C29H30N2O6S2/c1-4-21-6-15-26(16-7-21)38(32,33)30-28-19-14-25(37-24-12-10-23(36-3)11-13-24)20-29(28)31-39(34,35)27-17-8-22(5-2)9-18-27/h6-20,30-31H,4-5H2,1-3H3. The molecule has 0 aliphatic heterocycles. The molecule has 4 rings (SSSR count). The highest BCUT2D eigenvalue weighted by molar-refractivity contribution is 7.93. The van der Waals surface area contributed by atoms with Gasteiger partial charge < -0.3 is 9.47 Å². The molecule has 0 bridgehead atoms. The maximum Gasteiger partial charge on any atom is 0.261 e. The molecular weight excluding hydrogens is 536 g/mol. The average molecular weight is 567 g/mol. The summed E-state index contributed by atoms with van der Waals surface area (Å²) < 4.78 is 68.9. The Morgan fingerprint density at radius 2 is 1.00 bits per heavy atom. The third-order valence-corrected chi connectivity index (χ3v) is 8.82. The summed E-state index contributed by atoms with van der Waals surface area (Å²) in [6.07, 6.45) is 1.54. The number of anilines is 2. The number of rotatable bonds is 11. The molecule has 0 fully saturated rings. The van der Waals surface area contributed by atoms with Crippen molar-refractivity contribution in [2.45, 2.75) is 36.5 Å². The summed E-state index contributed by atoms with van der Waals surface area (Å²) in [4.78, 5) is 0.104. The summed E-state index contributed by atoms with van der Waals surface area (Å²) >= 11 is 0. The van der Waals surface area contributed by atoms with Gasteiger partial charge in [0.2, 0.25) is 0 Å². The van der Waals surface area contributed by atoms with Crippen LogP contribution in [0.4, 0.5) is 11.4 Å². The monoisotopic (exact) mass is 566 g/mol. The molecule has 10 heteroatoms. The van der Waals surface area contributed by atoms with E-state index < -0.39 is 20.0 Å². The van der Waals surface area contributed by atoms with Gasteiger partial charge in [-0.05, 0) is 84.6 Å². The lowest BCUT2D eigenvalue weighted by molar-refractivity contribution is 0.413. The van der Waals surface area contributed by atoms with Gasteiger partial charge in [0.15, 0.2) is 0 Å². The van der Waals surface area contributed by atoms with E-state index in [9.17, 15) is 16.8 Å². The highest BCUT2D eigenvalue weighted by atomic mass is 32.2. The van der Waals surface area contributed by atoms with Crippen molar-refractivity contribution in [3.05, 3.63) is 102 Å². The minimum atomic E-state index is -4.05. The molecule has 0 atom stereocenters. The van der Waals surface area contributed by atoms with Crippen molar-refractivity contribution in [1.82, 2.24) is 0 Å². The van der Waals surface area contributed by atoms with Crippen molar-refractivity contribution in [1.29, 1.82) is 0 Å². The third-order valence-electron chi connectivity index (χ3n) is 6.06. The van der Waals surface area contributed by atoms with Crippen LogP contribution in [0.2, 0.25) is 0 Å². The van der Waals surface area contributed by atoms with Gasteiger partial charge in [0.25, 0.3) is 20.0 Å². The van der Waals surface area contributed by atoms with Crippen LogP contribution in [0.1, 0.15) is 25.0 Å². The average Bonchev–Trinajstić information content (AvgIpc) is 2.94. The van der Waals surface area contributed by atoms with Crippen molar-refractivity contribution in [3.8, 4) is 17.2 Å². The van der Waals surface area contributed by atoms with Gasteiger partial charge in [-0.25, -0.2) is 16.8 Å². The molecule has 0 aromatic heterocycles. The number of nitrogens with one attached hydrogen (secondary N) is 2. The van der Waals surface area contributed by atoms with Crippen molar-refractivity contribution >= 4 is 31.4 Å². The Hall–Kier alpha value is -4.02. The molecule has 0 saturated carbocycles. The van der Waals surface area contributed by atoms with E-state index in [1.54, 1.807) is 61.7 Å². The van der Waals surface area contributed by atoms with Crippen LogP contribution in [0.25, 0.3) is 0 Å². The van der Waals surface area contributed by atoms with Crippen LogP contribution >= 0.6 is 0 Å². The van der Waals surface area contributed by atoms with Gasteiger partial charge in [0, 0.05) is 6.07 Å². The van der Waals surface area contributed by atoms with Crippen molar-refractivity contribution in [3.63, 3.8) is 0 Å². The second kappa shape index (κ2) is 11.8. The summed E-state index contributed by atoms with van der Waals surface area (Å²) in [6.45, 7) is 3.95. The maximum absolute atomic E-state index is 13.3. The van der Waals surface area contributed by atoms with Crippen LogP contribution in [-0.2, 0) is 32.9 Å². The second-order valence-electron chi connectivity index (χ2n) is 8.69. The van der Waals surface area contributed by atoms with Crippen LogP contribution in [0.15, 0.2) is 101 Å². The zero-order valence-electron chi connectivity index (χ0n) is 21.8. The molecule has 0 unspecified atom stereocenters. The first-order chi connectivity index (χ1) is 18.6. The zero-order valence-corrected chi connectivity index (χ0v) is 23.5. The van der Waals surface area contributed by atoms with Gasteiger partial charge in [-0.2, -0.15) is 0 Å². The lowest BCUT2D eigenvalue weighted by Crippen LogP contribution is -2.17. The van der Waals surface area contributed by atoms with Gasteiger partial charge in [-0.3, -0.25) is 9.44 Å². The molecule has 4 aromatic carbocycles. The SMILES string of the molecule is CCc1ccc(S(=O)(=O)Nc2ccc(Oc3ccc(OC)cc3)cc2NS(=O)(=O)c2ccc(CC)cc2)cc1. The smallest absolute Gasteiger partial charge is 0.261 e. The van der Waals surface area contributed by atoms with E-state index >= 15 is 0 Å². The molecule has 39 heavy (non-hydrogen) atoms. The maximum atomic E-state index is 13.3. The fraction of sp³-hybridized carbons (Fsp3) is 0.172. The van der Waals surface area contributed by atoms with E-state index in [0.717, 1.165) is 24.0 Å². The minimum Gasteiger partial charge on any atom is -0.497 e. The quantitative estimate of drug-likeness (QED) is 0.223. The molecule has 4 aromatic rings. The molecule has 2 N–H and O–H groups in total. The predicted molar refractivity (Wildman–Crippen MR) is 153 cm³/mol. The number of ether oxygens (including phenoxy) is 2. The molecule has 0 heterocycles. The summed E-state index contributed by atoms with van der Waals surface area (Å²) in [5.74, 6) is 1.44. The van der Waals surface area contributed by atoms with Crippen LogP contribution in [0.5, 0.6) is 17.2 Å². The highest BCUT2D eigenvalue weighted by Crippen LogP contribution is 2.33. The predicted octanol–water partition coefficient (Wildman–Crippen LogP) is 6.21. The van der Waals surface area contributed by atoms with Crippen LogP contribution in [0, 0.1) is 0 Å². The van der Waals surface area contributed by atoms with Crippen molar-refractivity contribution < 1.29 is 26.3 Å². The van der Waals surface area contributed by atoms with Crippen LogP contribution in [0.3, 0.4) is 0 Å². The van der Waals surface area contributed by atoms with Gasteiger partial charge in [-0.1, -0.05) is 38.1 Å². The van der Waals surface area contributed by atoms with Gasteiger partial charge in [0.05, 0.1) is 28.3 Å².